The molecule has 0 heterocycles. The fourth-order valence-corrected chi connectivity index (χ4v) is 3.54. The highest BCUT2D eigenvalue weighted by molar-refractivity contribution is 9.10. The van der Waals surface area contributed by atoms with E-state index in [1.165, 1.54) is 0 Å². The number of nitrogens with one attached hydrogen (secondary N) is 1. The van der Waals surface area contributed by atoms with Crippen LogP contribution in [0.5, 0.6) is 5.75 Å². The maximum Gasteiger partial charge on any atom is 0.221 e. The summed E-state index contributed by atoms with van der Waals surface area (Å²) in [6.07, 6.45) is 2.21. The van der Waals surface area contributed by atoms with E-state index in [0.29, 0.717) is 6.42 Å². The Labute approximate surface area is 127 Å². The van der Waals surface area contributed by atoms with E-state index < -0.39 is 15.6 Å². The summed E-state index contributed by atoms with van der Waals surface area (Å²) in [5.41, 5.74) is 0.632. The van der Waals surface area contributed by atoms with E-state index in [4.69, 9.17) is 4.74 Å². The van der Waals surface area contributed by atoms with Crippen molar-refractivity contribution in [2.75, 3.05) is 18.3 Å². The third-order valence-corrected chi connectivity index (χ3v) is 6.26. The molecule has 1 unspecified atom stereocenters. The van der Waals surface area contributed by atoms with Gasteiger partial charge in [0.1, 0.15) is 16.0 Å². The van der Waals surface area contributed by atoms with Crippen molar-refractivity contribution in [1.29, 1.82) is 0 Å². The van der Waals surface area contributed by atoms with E-state index in [1.807, 2.05) is 12.1 Å². The Balaban J connectivity index is 2.26. The van der Waals surface area contributed by atoms with Gasteiger partial charge in [-0.3, -0.25) is 0 Å². The molecule has 0 fully saturated rings. The van der Waals surface area contributed by atoms with Gasteiger partial charge in [-0.25, -0.2) is 13.1 Å². The van der Waals surface area contributed by atoms with Crippen molar-refractivity contribution in [2.24, 2.45) is 0 Å². The van der Waals surface area contributed by atoms with Crippen LogP contribution in [0.3, 0.4) is 0 Å². The molecule has 0 aliphatic heterocycles. The number of methoxy groups -OCH3 is 1. The maximum atomic E-state index is 11.5. The molecule has 0 radical (unpaired) electrons. The summed E-state index contributed by atoms with van der Waals surface area (Å²) >= 11 is 2.92. The van der Waals surface area contributed by atoms with E-state index >= 15 is 0 Å². The summed E-state index contributed by atoms with van der Waals surface area (Å²) in [5.74, 6) is 0.744. The number of fused-ring (bicyclic) bond motifs is 1. The molecule has 0 aromatic heterocycles. The quantitative estimate of drug-likeness (QED) is 0.777. The van der Waals surface area contributed by atoms with Gasteiger partial charge in [0.15, 0.2) is 0 Å². The summed E-state index contributed by atoms with van der Waals surface area (Å²) in [4.78, 5) is 0. The smallest absolute Gasteiger partial charge is 0.221 e. The van der Waals surface area contributed by atoms with Gasteiger partial charge in [-0.2, -0.15) is 0 Å². The number of ether oxygens (including phenoxy) is 1. The number of halogens is 1. The predicted molar refractivity (Wildman–Crippen MR) is 80.5 cm³/mol. The van der Waals surface area contributed by atoms with Crippen LogP contribution in [0.25, 0.3) is 0 Å². The lowest BCUT2D eigenvalue weighted by Gasteiger charge is -2.34. The molecule has 112 valence electrons. The van der Waals surface area contributed by atoms with Crippen LogP contribution < -0.4 is 9.46 Å². The normalized spacial score (nSPS) is 22.4. The first-order valence-corrected chi connectivity index (χ1v) is 9.11. The van der Waals surface area contributed by atoms with Crippen LogP contribution in [0.4, 0.5) is 0 Å². The molecule has 1 aromatic rings. The minimum atomic E-state index is -3.39. The highest BCUT2D eigenvalue weighted by atomic mass is 79.9. The zero-order chi connectivity index (χ0) is 14.8. The number of rotatable bonds is 5. The van der Waals surface area contributed by atoms with Crippen LogP contribution in [0.2, 0.25) is 0 Å². The molecule has 5 nitrogen and oxygen atoms in total. The number of hydrogen-bond acceptors (Lipinski definition) is 4. The van der Waals surface area contributed by atoms with Gasteiger partial charge in [0, 0.05) is 6.54 Å². The fourth-order valence-electron chi connectivity index (χ4n) is 2.52. The molecular weight excluding hydrogens is 346 g/mol. The van der Waals surface area contributed by atoms with Crippen molar-refractivity contribution in [3.05, 3.63) is 29.3 Å². The predicted octanol–water partition coefficient (Wildman–Crippen LogP) is 1.49. The third-order valence-electron chi connectivity index (χ3n) is 3.58. The number of hydrogen-bond donors (Lipinski definition) is 2. The van der Waals surface area contributed by atoms with E-state index in [1.54, 1.807) is 13.2 Å². The second-order valence-electron chi connectivity index (χ2n) is 4.95. The van der Waals surface area contributed by atoms with E-state index in [9.17, 15) is 13.5 Å². The van der Waals surface area contributed by atoms with E-state index in [2.05, 4.69) is 20.7 Å². The summed E-state index contributed by atoms with van der Waals surface area (Å²) < 4.78 is 30.5. The van der Waals surface area contributed by atoms with Gasteiger partial charge in [0.25, 0.3) is 0 Å². The Morgan fingerprint density at radius 3 is 2.90 bits per heavy atom. The summed E-state index contributed by atoms with van der Waals surface area (Å²) in [7, 11) is -1.79. The molecular formula is C13H18BrNO4S. The Hall–Kier alpha value is -0.630. The van der Waals surface area contributed by atoms with Crippen LogP contribution in [0.1, 0.15) is 24.0 Å². The lowest BCUT2D eigenvalue weighted by molar-refractivity contribution is 0.0243. The zero-order valence-electron chi connectivity index (χ0n) is 11.2. The molecule has 1 atom stereocenters. The Morgan fingerprint density at radius 1 is 1.50 bits per heavy atom. The minimum absolute atomic E-state index is 0.0136. The zero-order valence-corrected chi connectivity index (χ0v) is 13.6. The number of aliphatic hydroxyl groups is 1. The van der Waals surface area contributed by atoms with Crippen LogP contribution in [-0.2, 0) is 22.0 Å². The van der Waals surface area contributed by atoms with Crippen molar-refractivity contribution in [2.45, 2.75) is 24.9 Å². The lowest BCUT2D eigenvalue weighted by atomic mass is 9.79. The van der Waals surface area contributed by atoms with Gasteiger partial charge < -0.3 is 9.84 Å². The molecule has 7 heteroatoms. The Morgan fingerprint density at radius 2 is 2.25 bits per heavy atom. The maximum absolute atomic E-state index is 11.5. The van der Waals surface area contributed by atoms with Crippen molar-refractivity contribution in [3.63, 3.8) is 0 Å². The molecule has 20 heavy (non-hydrogen) atoms. The van der Waals surface area contributed by atoms with Crippen molar-refractivity contribution >= 4 is 26.0 Å². The molecule has 1 aliphatic carbocycles. The molecule has 0 saturated carbocycles. The standard InChI is InChI=1S/C13H18BrNO4S/c1-19-11-4-5-12-10(7-11)3-2-6-13(12,16)8-15-20(17,18)9-14/h4-5,7,15-16H,2-3,6,8-9H2,1H3. The largest absolute Gasteiger partial charge is 0.497 e. The van der Waals surface area contributed by atoms with Crippen LogP contribution >= 0.6 is 15.9 Å². The first-order chi connectivity index (χ1) is 9.40. The number of sulfonamides is 1. The average Bonchev–Trinajstić information content (AvgIpc) is 2.45. The van der Waals surface area contributed by atoms with E-state index in [-0.39, 0.29) is 11.2 Å². The van der Waals surface area contributed by atoms with Gasteiger partial charge in [-0.1, -0.05) is 22.0 Å². The molecule has 1 aromatic carbocycles. The lowest BCUT2D eigenvalue weighted by Crippen LogP contribution is -2.43. The molecule has 0 amide bonds. The van der Waals surface area contributed by atoms with Crippen LogP contribution in [0, 0.1) is 0 Å². The average molecular weight is 364 g/mol. The molecule has 0 spiro atoms. The highest BCUT2D eigenvalue weighted by Gasteiger charge is 2.35. The van der Waals surface area contributed by atoms with Crippen LogP contribution in [-0.4, -0.2) is 31.8 Å². The van der Waals surface area contributed by atoms with Gasteiger partial charge in [0.05, 0.1) is 7.11 Å². The van der Waals surface area contributed by atoms with Gasteiger partial charge >= 0.3 is 0 Å². The fraction of sp³-hybridized carbons (Fsp3) is 0.538. The topological polar surface area (TPSA) is 75.6 Å². The second kappa shape index (κ2) is 6.01. The minimum Gasteiger partial charge on any atom is -0.497 e. The van der Waals surface area contributed by atoms with Crippen molar-refractivity contribution < 1.29 is 18.3 Å². The summed E-state index contributed by atoms with van der Waals surface area (Å²) in [6.45, 7) is -0.0136. The molecule has 2 rings (SSSR count). The first kappa shape index (κ1) is 15.8. The Bertz CT molecular complexity index is 590. The molecule has 0 saturated heterocycles. The molecule has 1 aliphatic rings. The molecule has 0 bridgehead atoms. The van der Waals surface area contributed by atoms with E-state index in [0.717, 1.165) is 29.7 Å². The monoisotopic (exact) mass is 363 g/mol. The van der Waals surface area contributed by atoms with Crippen LogP contribution in [0.15, 0.2) is 18.2 Å². The van der Waals surface area contributed by atoms with Gasteiger partial charge in [0.2, 0.25) is 10.0 Å². The first-order valence-electron chi connectivity index (χ1n) is 6.33. The Kier molecular flexibility index (Phi) is 4.73. The summed E-state index contributed by atoms with van der Waals surface area (Å²) in [6, 6.07) is 5.50. The number of alkyl halides is 1. The number of aryl methyl sites for hydroxylation is 1. The highest BCUT2D eigenvalue weighted by Crippen LogP contribution is 2.36. The van der Waals surface area contributed by atoms with Gasteiger partial charge in [-0.15, -0.1) is 0 Å². The number of benzene rings is 1. The third kappa shape index (κ3) is 3.33. The van der Waals surface area contributed by atoms with Crippen molar-refractivity contribution in [3.8, 4) is 5.75 Å². The summed E-state index contributed by atoms with van der Waals surface area (Å²) in [5, 5.41) is 10.8. The SMILES string of the molecule is COc1ccc2c(c1)CCCC2(O)CNS(=O)(=O)CBr. The molecule has 2 N–H and O–H groups in total. The van der Waals surface area contributed by atoms with Crippen molar-refractivity contribution in [1.82, 2.24) is 4.72 Å². The second-order valence-corrected chi connectivity index (χ2v) is 8.06. The van der Waals surface area contributed by atoms with Gasteiger partial charge in [-0.05, 0) is 42.5 Å².